The van der Waals surface area contributed by atoms with E-state index in [2.05, 4.69) is 21.2 Å². The van der Waals surface area contributed by atoms with E-state index in [1.54, 1.807) is 12.1 Å². The second kappa shape index (κ2) is 9.39. The van der Waals surface area contributed by atoms with Crippen molar-refractivity contribution in [1.29, 1.82) is 0 Å². The fraction of sp³-hybridized carbons (Fsp3) is 0.278. The minimum absolute atomic E-state index is 0.121. The van der Waals surface area contributed by atoms with Crippen LogP contribution < -0.4 is 14.8 Å². The van der Waals surface area contributed by atoms with Gasteiger partial charge < -0.3 is 19.9 Å². The van der Waals surface area contributed by atoms with Crippen LogP contribution in [0.2, 0.25) is 0 Å². The van der Waals surface area contributed by atoms with Crippen LogP contribution in [0.1, 0.15) is 18.1 Å². The normalized spacial score (nSPS) is 10.5. The Morgan fingerprint density at radius 1 is 1.20 bits per heavy atom. The summed E-state index contributed by atoms with van der Waals surface area (Å²) in [5.74, 6) is -0.0965. The van der Waals surface area contributed by atoms with Gasteiger partial charge >= 0.3 is 5.97 Å². The molecule has 25 heavy (non-hydrogen) atoms. The van der Waals surface area contributed by atoms with Crippen LogP contribution in [0.25, 0.3) is 0 Å². The molecule has 2 N–H and O–H groups in total. The summed E-state index contributed by atoms with van der Waals surface area (Å²) in [5.41, 5.74) is 1.70. The zero-order valence-corrected chi connectivity index (χ0v) is 15.3. The van der Waals surface area contributed by atoms with Crippen molar-refractivity contribution in [2.45, 2.75) is 20.1 Å². The van der Waals surface area contributed by atoms with E-state index in [0.717, 1.165) is 11.1 Å². The Morgan fingerprint density at radius 3 is 2.56 bits per heavy atom. The molecule has 0 atom stereocenters. The van der Waals surface area contributed by atoms with E-state index in [4.69, 9.17) is 14.6 Å². The SMILES string of the molecule is CCOc1cc(CNCC(=O)O)cc(Br)c1OCc1ccc(F)cc1. The molecule has 0 amide bonds. The third kappa shape index (κ3) is 6.03. The highest BCUT2D eigenvalue weighted by atomic mass is 79.9. The molecular formula is C18H19BrFNO4. The summed E-state index contributed by atoms with van der Waals surface area (Å²) in [5, 5.41) is 11.5. The van der Waals surface area contributed by atoms with Crippen LogP contribution in [0.3, 0.4) is 0 Å². The average molecular weight is 412 g/mol. The molecular weight excluding hydrogens is 393 g/mol. The highest BCUT2D eigenvalue weighted by molar-refractivity contribution is 9.10. The number of halogens is 2. The quantitative estimate of drug-likeness (QED) is 0.657. The zero-order valence-electron chi connectivity index (χ0n) is 13.7. The third-order valence-electron chi connectivity index (χ3n) is 3.27. The Labute approximate surface area is 153 Å². The Hall–Kier alpha value is -2.12. The van der Waals surface area contributed by atoms with Gasteiger partial charge in [-0.15, -0.1) is 0 Å². The second-order valence-corrected chi connectivity index (χ2v) is 6.10. The lowest BCUT2D eigenvalue weighted by molar-refractivity contribution is -0.135. The maximum Gasteiger partial charge on any atom is 0.317 e. The molecule has 0 radical (unpaired) electrons. The summed E-state index contributed by atoms with van der Waals surface area (Å²) in [6.07, 6.45) is 0. The van der Waals surface area contributed by atoms with Crippen LogP contribution in [0.4, 0.5) is 4.39 Å². The summed E-state index contributed by atoms with van der Waals surface area (Å²) in [4.78, 5) is 10.6. The molecule has 0 bridgehead atoms. The molecule has 0 heterocycles. The van der Waals surface area contributed by atoms with E-state index in [0.29, 0.717) is 29.1 Å². The van der Waals surface area contributed by atoms with Crippen LogP contribution in [0.5, 0.6) is 11.5 Å². The Morgan fingerprint density at radius 2 is 1.92 bits per heavy atom. The van der Waals surface area contributed by atoms with Gasteiger partial charge in [0.15, 0.2) is 11.5 Å². The van der Waals surface area contributed by atoms with Crippen LogP contribution >= 0.6 is 15.9 Å². The molecule has 0 aliphatic carbocycles. The first-order valence-electron chi connectivity index (χ1n) is 7.74. The number of carboxylic acids is 1. The lowest BCUT2D eigenvalue weighted by atomic mass is 10.2. The average Bonchev–Trinajstić information content (AvgIpc) is 2.55. The number of carboxylic acid groups (broad SMARTS) is 1. The van der Waals surface area contributed by atoms with Crippen molar-refractivity contribution in [2.75, 3.05) is 13.2 Å². The number of rotatable bonds is 9. The van der Waals surface area contributed by atoms with Crippen LogP contribution in [-0.2, 0) is 17.9 Å². The number of carbonyl (C=O) groups is 1. The number of aliphatic carboxylic acids is 1. The van der Waals surface area contributed by atoms with E-state index in [1.165, 1.54) is 12.1 Å². The van der Waals surface area contributed by atoms with Gasteiger partial charge in [0.2, 0.25) is 0 Å². The lowest BCUT2D eigenvalue weighted by Crippen LogP contribution is -2.21. The van der Waals surface area contributed by atoms with Gasteiger partial charge in [-0.2, -0.15) is 0 Å². The third-order valence-corrected chi connectivity index (χ3v) is 3.86. The predicted octanol–water partition coefficient (Wildman–Crippen LogP) is 3.74. The summed E-state index contributed by atoms with van der Waals surface area (Å²) in [6, 6.07) is 9.74. The Kier molecular flexibility index (Phi) is 7.21. The van der Waals surface area contributed by atoms with E-state index in [-0.39, 0.29) is 19.0 Å². The molecule has 0 fully saturated rings. The van der Waals surface area contributed by atoms with Gasteiger partial charge in [-0.25, -0.2) is 4.39 Å². The maximum atomic E-state index is 13.0. The molecule has 2 rings (SSSR count). The molecule has 5 nitrogen and oxygen atoms in total. The first kappa shape index (κ1) is 19.2. The molecule has 0 aliphatic heterocycles. The minimum Gasteiger partial charge on any atom is -0.490 e. The molecule has 0 unspecified atom stereocenters. The number of hydrogen-bond donors (Lipinski definition) is 2. The van der Waals surface area contributed by atoms with Crippen molar-refractivity contribution in [2.24, 2.45) is 0 Å². The van der Waals surface area contributed by atoms with Crippen molar-refractivity contribution < 1.29 is 23.8 Å². The van der Waals surface area contributed by atoms with Gasteiger partial charge in [-0.1, -0.05) is 12.1 Å². The molecule has 134 valence electrons. The van der Waals surface area contributed by atoms with Crippen molar-refractivity contribution in [3.63, 3.8) is 0 Å². The topological polar surface area (TPSA) is 67.8 Å². The van der Waals surface area contributed by atoms with Gasteiger partial charge in [0, 0.05) is 6.54 Å². The van der Waals surface area contributed by atoms with Gasteiger partial charge in [-0.3, -0.25) is 4.79 Å². The van der Waals surface area contributed by atoms with E-state index >= 15 is 0 Å². The zero-order chi connectivity index (χ0) is 18.2. The molecule has 2 aromatic carbocycles. The van der Waals surface area contributed by atoms with Crippen molar-refractivity contribution in [1.82, 2.24) is 5.32 Å². The first-order chi connectivity index (χ1) is 12.0. The highest BCUT2D eigenvalue weighted by Crippen LogP contribution is 2.37. The second-order valence-electron chi connectivity index (χ2n) is 5.25. The van der Waals surface area contributed by atoms with Crippen LogP contribution in [0, 0.1) is 5.82 Å². The fourth-order valence-corrected chi connectivity index (χ4v) is 2.78. The van der Waals surface area contributed by atoms with Crippen LogP contribution in [0.15, 0.2) is 40.9 Å². The fourth-order valence-electron chi connectivity index (χ4n) is 2.18. The number of ether oxygens (including phenoxy) is 2. The van der Waals surface area contributed by atoms with Gasteiger partial charge in [0.25, 0.3) is 0 Å². The molecule has 7 heteroatoms. The summed E-state index contributed by atoms with van der Waals surface area (Å²) >= 11 is 3.46. The Balaban J connectivity index is 2.12. The maximum absolute atomic E-state index is 13.0. The van der Waals surface area contributed by atoms with E-state index in [9.17, 15) is 9.18 Å². The Bertz CT molecular complexity index is 722. The largest absolute Gasteiger partial charge is 0.490 e. The lowest BCUT2D eigenvalue weighted by Gasteiger charge is -2.16. The monoisotopic (exact) mass is 411 g/mol. The van der Waals surface area contributed by atoms with Gasteiger partial charge in [-0.05, 0) is 58.2 Å². The van der Waals surface area contributed by atoms with E-state index in [1.807, 2.05) is 19.1 Å². The molecule has 0 saturated carbocycles. The van der Waals surface area contributed by atoms with Gasteiger partial charge in [0.1, 0.15) is 12.4 Å². The molecule has 0 saturated heterocycles. The standard InChI is InChI=1S/C18H19BrFNO4/c1-2-24-16-8-13(9-21-10-17(22)23)7-15(19)18(16)25-11-12-3-5-14(20)6-4-12/h3-8,21H,2,9-11H2,1H3,(H,22,23). The predicted molar refractivity (Wildman–Crippen MR) is 95.4 cm³/mol. The molecule has 2 aromatic rings. The number of benzene rings is 2. The summed E-state index contributed by atoms with van der Waals surface area (Å²) in [6.45, 7) is 2.88. The van der Waals surface area contributed by atoms with Crippen molar-refractivity contribution in [3.8, 4) is 11.5 Å². The number of nitrogens with one attached hydrogen (secondary N) is 1. The smallest absolute Gasteiger partial charge is 0.317 e. The highest BCUT2D eigenvalue weighted by Gasteiger charge is 2.13. The van der Waals surface area contributed by atoms with Crippen molar-refractivity contribution in [3.05, 3.63) is 57.8 Å². The summed E-state index contributed by atoms with van der Waals surface area (Å²) in [7, 11) is 0. The van der Waals surface area contributed by atoms with Gasteiger partial charge in [0.05, 0.1) is 17.6 Å². The minimum atomic E-state index is -0.914. The number of hydrogen-bond acceptors (Lipinski definition) is 4. The summed E-state index contributed by atoms with van der Waals surface area (Å²) < 4.78 is 25.1. The van der Waals surface area contributed by atoms with E-state index < -0.39 is 5.97 Å². The van der Waals surface area contributed by atoms with Crippen LogP contribution in [-0.4, -0.2) is 24.2 Å². The molecule has 0 spiro atoms. The molecule has 0 aliphatic rings. The molecule has 0 aromatic heterocycles. The van der Waals surface area contributed by atoms with Crippen molar-refractivity contribution >= 4 is 21.9 Å². The first-order valence-corrected chi connectivity index (χ1v) is 8.54.